The zero-order chi connectivity index (χ0) is 13.5. The predicted molar refractivity (Wildman–Crippen MR) is 35.0 cm³/mol. The summed E-state index contributed by atoms with van der Waals surface area (Å²) in [6.07, 6.45) is 0. The lowest BCUT2D eigenvalue weighted by molar-refractivity contribution is 0.350. The molecule has 0 saturated heterocycles. The Bertz CT molecular complexity index is 332. The third-order valence-electron chi connectivity index (χ3n) is 0. The maximum Gasteiger partial charge on any atom is 0.0311 e. The van der Waals surface area contributed by atoms with Crippen LogP contribution in [0.25, 0.3) is 0 Å². The average Bonchev–Trinajstić information content (AvgIpc) is 1.41. The van der Waals surface area contributed by atoms with Crippen molar-refractivity contribution < 1.29 is 58.0 Å². The molecule has 0 spiro atoms. The largest absolute Gasteiger partial charge is 0.759 e. The van der Waals surface area contributed by atoms with E-state index in [1.165, 1.54) is 0 Å². The minimum Gasteiger partial charge on any atom is -0.759 e. The van der Waals surface area contributed by atoms with E-state index in [1.807, 2.05) is 0 Å². The van der Waals surface area contributed by atoms with Gasteiger partial charge in [0.25, 0.3) is 0 Å². The van der Waals surface area contributed by atoms with Crippen LogP contribution < -0.4 is 0 Å². The summed E-state index contributed by atoms with van der Waals surface area (Å²) in [5.41, 5.74) is 0. The Labute approximate surface area is 89.8 Å². The molecule has 0 radical (unpaired) electrons. The Kier molecular flexibility index (Phi) is 13.4. The van der Waals surface area contributed by atoms with E-state index in [4.69, 9.17) is 52.6 Å². The first-order valence-electron chi connectivity index (χ1n) is 2.00. The van der Waals surface area contributed by atoms with Crippen molar-refractivity contribution in [2.75, 3.05) is 0 Å². The summed E-state index contributed by atoms with van der Waals surface area (Å²) >= 11 is 0. The Balaban J connectivity index is -0.0000000655. The summed E-state index contributed by atoms with van der Waals surface area (Å²) in [4.78, 5) is 0. The summed E-state index contributed by atoms with van der Waals surface area (Å²) in [7, 11) is -15.5. The van der Waals surface area contributed by atoms with Crippen LogP contribution >= 0.6 is 0 Å². The molecular weight excluding hydrogens is 304 g/mol. The highest BCUT2D eigenvalue weighted by molar-refractivity contribution is 7.80. The number of hydrogen-bond acceptors (Lipinski definition) is 12. The van der Waals surface area contributed by atoms with Crippen molar-refractivity contribution in [2.45, 2.75) is 0 Å². The maximum atomic E-state index is 8.52. The molecule has 13 nitrogen and oxygen atoms in total. The van der Waals surface area contributed by atoms with Crippen molar-refractivity contribution in [3.63, 3.8) is 0 Å². The summed E-state index contributed by atoms with van der Waals surface area (Å²) in [5.74, 6) is 0. The van der Waals surface area contributed by atoms with Crippen molar-refractivity contribution in [1.82, 2.24) is 0 Å². The minimum absolute atomic E-state index is 0. The lowest BCUT2D eigenvalue weighted by Crippen LogP contribution is -1.91. The first kappa shape index (κ1) is 24.7. The van der Waals surface area contributed by atoms with E-state index < -0.39 is 31.2 Å². The van der Waals surface area contributed by atoms with Crippen LogP contribution in [0.3, 0.4) is 0 Å². The first-order chi connectivity index (χ1) is 6.00. The SMILES string of the molecule is O.O=S(=O)([O-])[O-].O=S(=O)([O-])[O-].O=S(=O)([O-])[O-]. The molecule has 0 fully saturated rings. The summed E-state index contributed by atoms with van der Waals surface area (Å²) in [5, 5.41) is 0. The molecule has 0 heterocycles. The fourth-order valence-electron chi connectivity index (χ4n) is 0. The van der Waals surface area contributed by atoms with Gasteiger partial charge in [-0.1, -0.05) is 0 Å². The molecule has 0 aliphatic heterocycles. The van der Waals surface area contributed by atoms with Crippen LogP contribution in [0, 0.1) is 0 Å². The predicted octanol–water partition coefficient (Wildman–Crippen LogP) is -4.84. The zero-order valence-corrected chi connectivity index (χ0v) is 9.07. The third kappa shape index (κ3) is 11600. The fourth-order valence-corrected chi connectivity index (χ4v) is 0. The molecule has 0 aliphatic carbocycles. The van der Waals surface area contributed by atoms with Crippen molar-refractivity contribution in [3.8, 4) is 0 Å². The molecule has 2 N–H and O–H groups in total. The van der Waals surface area contributed by atoms with E-state index in [2.05, 4.69) is 0 Å². The topological polar surface area (TPSA) is 272 Å². The molecule has 104 valence electrons. The normalized spacial score (nSPS) is 10.9. The lowest BCUT2D eigenvalue weighted by Gasteiger charge is -2.06. The molecule has 16 heteroatoms. The Morgan fingerprint density at radius 3 is 0.438 bits per heavy atom. The highest BCUT2D eigenvalue weighted by atomic mass is 32.3. The van der Waals surface area contributed by atoms with Crippen LogP contribution in [0.5, 0.6) is 0 Å². The monoisotopic (exact) mass is 306 g/mol. The minimum atomic E-state index is -5.17. The van der Waals surface area contributed by atoms with Crippen LogP contribution in [0.4, 0.5) is 0 Å². The van der Waals surface area contributed by atoms with E-state index in [0.717, 1.165) is 0 Å². The molecule has 0 aromatic rings. The Hall–Kier alpha value is -0.430. The summed E-state index contributed by atoms with van der Waals surface area (Å²) in [6, 6.07) is 0. The summed E-state index contributed by atoms with van der Waals surface area (Å²) < 4.78 is 102. The molecule has 0 aliphatic rings. The molecule has 0 atom stereocenters. The van der Waals surface area contributed by atoms with Crippen LogP contribution in [-0.4, -0.2) is 58.0 Å². The second-order valence-corrected chi connectivity index (χ2v) is 3.67. The average molecular weight is 306 g/mol. The third-order valence-corrected chi connectivity index (χ3v) is 0. The highest BCUT2D eigenvalue weighted by Crippen LogP contribution is 1.58. The standard InChI is InChI=1S/3H2O4S.H2O/c3*1-5(2,3)4;/h3*(H2,1,2,3,4);1H2/p-6. The van der Waals surface area contributed by atoms with Crippen LogP contribution in [0.15, 0.2) is 0 Å². The van der Waals surface area contributed by atoms with Gasteiger partial charge < -0.3 is 32.8 Å². The molecule has 0 unspecified atom stereocenters. The highest BCUT2D eigenvalue weighted by Gasteiger charge is 1.50. The van der Waals surface area contributed by atoms with E-state index in [-0.39, 0.29) is 5.48 Å². The van der Waals surface area contributed by atoms with Gasteiger partial charge in [-0.05, 0) is 0 Å². The van der Waals surface area contributed by atoms with E-state index >= 15 is 0 Å². The molecule has 0 bridgehead atoms. The maximum absolute atomic E-state index is 8.52. The van der Waals surface area contributed by atoms with E-state index in [0.29, 0.717) is 0 Å². The van der Waals surface area contributed by atoms with Gasteiger partial charge in [-0.2, -0.15) is 0 Å². The van der Waals surface area contributed by atoms with Gasteiger partial charge in [-0.15, -0.1) is 0 Å². The van der Waals surface area contributed by atoms with Crippen molar-refractivity contribution in [1.29, 1.82) is 0 Å². The van der Waals surface area contributed by atoms with Crippen LogP contribution in [-0.2, 0) is 31.2 Å². The molecule has 0 rings (SSSR count). The van der Waals surface area contributed by atoms with Gasteiger partial charge in [0.2, 0.25) is 0 Å². The van der Waals surface area contributed by atoms with Crippen LogP contribution in [0.2, 0.25) is 0 Å². The molecule has 0 saturated carbocycles. The van der Waals surface area contributed by atoms with Crippen LogP contribution in [0.1, 0.15) is 0 Å². The molecule has 0 aromatic carbocycles. The zero-order valence-electron chi connectivity index (χ0n) is 6.62. The number of rotatable bonds is 0. The van der Waals surface area contributed by atoms with Crippen molar-refractivity contribution in [3.05, 3.63) is 0 Å². The first-order valence-corrected chi connectivity index (χ1v) is 6.00. The van der Waals surface area contributed by atoms with Crippen molar-refractivity contribution >= 4 is 31.2 Å². The Morgan fingerprint density at radius 1 is 0.438 bits per heavy atom. The quantitative estimate of drug-likeness (QED) is 0.300. The Morgan fingerprint density at radius 2 is 0.438 bits per heavy atom. The summed E-state index contributed by atoms with van der Waals surface area (Å²) in [6.45, 7) is 0. The van der Waals surface area contributed by atoms with Gasteiger partial charge in [0, 0.05) is 31.2 Å². The molecule has 0 amide bonds. The second kappa shape index (κ2) is 8.69. The van der Waals surface area contributed by atoms with Gasteiger partial charge in [-0.25, -0.2) is 0 Å². The van der Waals surface area contributed by atoms with Gasteiger partial charge in [0.15, 0.2) is 0 Å². The molecule has 16 heavy (non-hydrogen) atoms. The van der Waals surface area contributed by atoms with Gasteiger partial charge in [-0.3, -0.25) is 25.3 Å². The molecule has 0 aromatic heterocycles. The fraction of sp³-hybridized carbons (Fsp3) is 0. The van der Waals surface area contributed by atoms with Crippen molar-refractivity contribution in [2.24, 2.45) is 0 Å². The number of hydrogen-bond donors (Lipinski definition) is 0. The van der Waals surface area contributed by atoms with Gasteiger partial charge in [0.05, 0.1) is 0 Å². The van der Waals surface area contributed by atoms with Gasteiger partial charge >= 0.3 is 0 Å². The molecular formula is H2O13S3-6. The van der Waals surface area contributed by atoms with Gasteiger partial charge in [0.1, 0.15) is 0 Å². The lowest BCUT2D eigenvalue weighted by atomic mass is 15.8. The van der Waals surface area contributed by atoms with E-state index in [1.54, 1.807) is 0 Å². The second-order valence-electron chi connectivity index (χ2n) is 1.22. The van der Waals surface area contributed by atoms with E-state index in [9.17, 15) is 0 Å². The smallest absolute Gasteiger partial charge is 0.0311 e.